The third kappa shape index (κ3) is 6.19. The lowest BCUT2D eigenvalue weighted by Gasteiger charge is -2.25. The second kappa shape index (κ2) is 11.8. The van der Waals surface area contributed by atoms with Gasteiger partial charge >= 0.3 is 0 Å². The van der Waals surface area contributed by atoms with Gasteiger partial charge in [-0.1, -0.05) is 55.3 Å². The van der Waals surface area contributed by atoms with Crippen LogP contribution < -0.4 is 14.8 Å². The van der Waals surface area contributed by atoms with E-state index in [2.05, 4.69) is 20.1 Å². The standard InChI is InChI=1S/C25H32N4O2S/c1-30-23-15-8-10-20(18-23)26-19-24-27-28-25(29(24)21-11-4-2-5-12-21)32-17-9-16-31-22-13-6-3-7-14-22/h3,6-8,10,13-15,18,21,26H,2,4-5,9,11-12,16-17,19H2,1H3. The Hall–Kier alpha value is -2.67. The quantitative estimate of drug-likeness (QED) is 0.286. The van der Waals surface area contributed by atoms with E-state index in [9.17, 15) is 0 Å². The van der Waals surface area contributed by atoms with Crippen molar-refractivity contribution in [3.05, 3.63) is 60.4 Å². The molecule has 0 radical (unpaired) electrons. The van der Waals surface area contributed by atoms with E-state index in [1.165, 1.54) is 32.1 Å². The molecule has 32 heavy (non-hydrogen) atoms. The maximum atomic E-state index is 5.83. The van der Waals surface area contributed by atoms with Crippen LogP contribution in [0.3, 0.4) is 0 Å². The number of para-hydroxylation sites is 1. The summed E-state index contributed by atoms with van der Waals surface area (Å²) in [6, 6.07) is 18.5. The average Bonchev–Trinajstić information content (AvgIpc) is 3.26. The minimum absolute atomic E-state index is 0.490. The summed E-state index contributed by atoms with van der Waals surface area (Å²) in [5.74, 6) is 3.73. The summed E-state index contributed by atoms with van der Waals surface area (Å²) in [7, 11) is 1.69. The number of hydrogen-bond acceptors (Lipinski definition) is 6. The number of hydrogen-bond donors (Lipinski definition) is 1. The molecular formula is C25H32N4O2S. The Balaban J connectivity index is 1.37. The second-order valence-corrected chi connectivity index (χ2v) is 9.07. The Morgan fingerprint density at radius 3 is 2.62 bits per heavy atom. The molecule has 0 bridgehead atoms. The molecule has 1 aromatic heterocycles. The minimum atomic E-state index is 0.490. The van der Waals surface area contributed by atoms with Gasteiger partial charge in [-0.05, 0) is 43.5 Å². The highest BCUT2D eigenvalue weighted by Crippen LogP contribution is 2.33. The molecule has 1 N–H and O–H groups in total. The second-order valence-electron chi connectivity index (χ2n) is 8.01. The van der Waals surface area contributed by atoms with Gasteiger partial charge in [0.1, 0.15) is 11.5 Å². The number of nitrogens with one attached hydrogen (secondary N) is 1. The molecule has 0 unspecified atom stereocenters. The number of benzene rings is 2. The molecule has 1 aliphatic carbocycles. The number of nitrogens with zero attached hydrogens (tertiary/aromatic N) is 3. The molecule has 170 valence electrons. The van der Waals surface area contributed by atoms with Crippen LogP contribution in [-0.2, 0) is 6.54 Å². The van der Waals surface area contributed by atoms with Crippen LogP contribution in [0.25, 0.3) is 0 Å². The van der Waals surface area contributed by atoms with Crippen molar-refractivity contribution in [3.63, 3.8) is 0 Å². The van der Waals surface area contributed by atoms with Gasteiger partial charge in [0, 0.05) is 23.5 Å². The lowest BCUT2D eigenvalue weighted by molar-refractivity contribution is 0.318. The van der Waals surface area contributed by atoms with Gasteiger partial charge in [-0.15, -0.1) is 10.2 Å². The van der Waals surface area contributed by atoms with Crippen molar-refractivity contribution in [1.29, 1.82) is 0 Å². The average molecular weight is 453 g/mol. The van der Waals surface area contributed by atoms with Crippen molar-refractivity contribution in [1.82, 2.24) is 14.8 Å². The smallest absolute Gasteiger partial charge is 0.191 e. The normalized spacial score (nSPS) is 14.3. The van der Waals surface area contributed by atoms with E-state index in [0.29, 0.717) is 19.2 Å². The van der Waals surface area contributed by atoms with Crippen LogP contribution in [-0.4, -0.2) is 34.2 Å². The summed E-state index contributed by atoms with van der Waals surface area (Å²) >= 11 is 1.79. The zero-order valence-corrected chi connectivity index (χ0v) is 19.5. The SMILES string of the molecule is COc1cccc(NCc2nnc(SCCCOc3ccccc3)n2C2CCCCC2)c1. The van der Waals surface area contributed by atoms with E-state index in [1.54, 1.807) is 18.9 Å². The van der Waals surface area contributed by atoms with E-state index >= 15 is 0 Å². The molecule has 7 heteroatoms. The van der Waals surface area contributed by atoms with Crippen molar-refractivity contribution in [3.8, 4) is 11.5 Å². The fourth-order valence-electron chi connectivity index (χ4n) is 4.08. The summed E-state index contributed by atoms with van der Waals surface area (Å²) in [5.41, 5.74) is 1.02. The predicted octanol–water partition coefficient (Wildman–Crippen LogP) is 5.97. The molecule has 2 aromatic carbocycles. The molecule has 4 rings (SSSR count). The summed E-state index contributed by atoms with van der Waals surface area (Å²) in [4.78, 5) is 0. The van der Waals surface area contributed by atoms with Crippen molar-refractivity contribution in [2.45, 2.75) is 56.3 Å². The van der Waals surface area contributed by atoms with Gasteiger partial charge in [-0.25, -0.2) is 0 Å². The lowest BCUT2D eigenvalue weighted by atomic mass is 9.95. The molecule has 1 fully saturated rings. The maximum Gasteiger partial charge on any atom is 0.191 e. The molecule has 0 spiro atoms. The Morgan fingerprint density at radius 2 is 1.81 bits per heavy atom. The van der Waals surface area contributed by atoms with Crippen LogP contribution in [0.4, 0.5) is 5.69 Å². The first-order chi connectivity index (χ1) is 15.8. The Kier molecular flexibility index (Phi) is 8.31. The lowest BCUT2D eigenvalue weighted by Crippen LogP contribution is -2.18. The maximum absolute atomic E-state index is 5.83. The predicted molar refractivity (Wildman–Crippen MR) is 130 cm³/mol. The van der Waals surface area contributed by atoms with Gasteiger partial charge in [0.2, 0.25) is 0 Å². The van der Waals surface area contributed by atoms with Crippen LogP contribution in [0, 0.1) is 0 Å². The van der Waals surface area contributed by atoms with Crippen LogP contribution in [0.1, 0.15) is 50.4 Å². The summed E-state index contributed by atoms with van der Waals surface area (Å²) < 4.78 is 13.5. The first-order valence-electron chi connectivity index (χ1n) is 11.5. The molecule has 1 heterocycles. The molecule has 0 amide bonds. The highest BCUT2D eigenvalue weighted by Gasteiger charge is 2.22. The van der Waals surface area contributed by atoms with Gasteiger partial charge in [0.25, 0.3) is 0 Å². The monoisotopic (exact) mass is 452 g/mol. The van der Waals surface area contributed by atoms with Crippen LogP contribution >= 0.6 is 11.8 Å². The van der Waals surface area contributed by atoms with Crippen LogP contribution in [0.5, 0.6) is 11.5 Å². The molecule has 1 saturated carbocycles. The third-order valence-corrected chi connectivity index (χ3v) is 6.76. The van der Waals surface area contributed by atoms with Gasteiger partial charge in [-0.3, -0.25) is 0 Å². The van der Waals surface area contributed by atoms with Gasteiger partial charge < -0.3 is 19.4 Å². The molecule has 6 nitrogen and oxygen atoms in total. The number of anilines is 1. The number of ether oxygens (including phenoxy) is 2. The minimum Gasteiger partial charge on any atom is -0.497 e. The molecule has 3 aromatic rings. The first kappa shape index (κ1) is 22.5. The van der Waals surface area contributed by atoms with Gasteiger partial charge in [0.15, 0.2) is 11.0 Å². The molecular weight excluding hydrogens is 420 g/mol. The van der Waals surface area contributed by atoms with E-state index in [4.69, 9.17) is 9.47 Å². The Labute approximate surface area is 194 Å². The molecule has 0 atom stereocenters. The number of thioether (sulfide) groups is 1. The van der Waals surface area contributed by atoms with E-state index in [-0.39, 0.29) is 0 Å². The van der Waals surface area contributed by atoms with E-state index in [1.807, 2.05) is 54.6 Å². The van der Waals surface area contributed by atoms with Crippen LogP contribution in [0.2, 0.25) is 0 Å². The number of rotatable bonds is 11. The largest absolute Gasteiger partial charge is 0.497 e. The zero-order valence-electron chi connectivity index (χ0n) is 18.7. The van der Waals surface area contributed by atoms with Crippen molar-refractivity contribution >= 4 is 17.4 Å². The summed E-state index contributed by atoms with van der Waals surface area (Å²) in [6.07, 6.45) is 7.26. The Morgan fingerprint density at radius 1 is 1.00 bits per heavy atom. The van der Waals surface area contributed by atoms with Crippen molar-refractivity contribution < 1.29 is 9.47 Å². The number of methoxy groups -OCH3 is 1. The van der Waals surface area contributed by atoms with Gasteiger partial charge in [0.05, 0.1) is 20.3 Å². The topological polar surface area (TPSA) is 61.2 Å². The first-order valence-corrected chi connectivity index (χ1v) is 12.4. The van der Waals surface area contributed by atoms with E-state index in [0.717, 1.165) is 40.3 Å². The highest BCUT2D eigenvalue weighted by atomic mass is 32.2. The fourth-order valence-corrected chi connectivity index (χ4v) is 5.01. The zero-order chi connectivity index (χ0) is 22.0. The fraction of sp³-hybridized carbons (Fsp3) is 0.440. The molecule has 1 aliphatic rings. The van der Waals surface area contributed by atoms with Crippen molar-refractivity contribution in [2.24, 2.45) is 0 Å². The Bertz CT molecular complexity index is 958. The highest BCUT2D eigenvalue weighted by molar-refractivity contribution is 7.99. The van der Waals surface area contributed by atoms with Gasteiger partial charge in [-0.2, -0.15) is 0 Å². The van der Waals surface area contributed by atoms with Crippen molar-refractivity contribution in [2.75, 3.05) is 24.8 Å². The molecule has 0 aliphatic heterocycles. The van der Waals surface area contributed by atoms with E-state index < -0.39 is 0 Å². The summed E-state index contributed by atoms with van der Waals surface area (Å²) in [5, 5.41) is 13.6. The van der Waals surface area contributed by atoms with Crippen LogP contribution in [0.15, 0.2) is 59.8 Å². The molecule has 0 saturated heterocycles. The summed E-state index contributed by atoms with van der Waals surface area (Å²) in [6.45, 7) is 1.35. The third-order valence-electron chi connectivity index (χ3n) is 5.73. The number of aromatic nitrogens is 3.